The quantitative estimate of drug-likeness (QED) is 0.805. The molecule has 0 unspecified atom stereocenters. The zero-order chi connectivity index (χ0) is 11.4. The minimum atomic E-state index is -0.0475. The Labute approximate surface area is 102 Å². The number of hydrogen-bond acceptors (Lipinski definition) is 5. The molecular weight excluding hydrogens is 244 g/mol. The van der Waals surface area contributed by atoms with Crippen LogP contribution in [0.1, 0.15) is 12.6 Å². The summed E-state index contributed by atoms with van der Waals surface area (Å²) in [6.45, 7) is 2.71. The predicted molar refractivity (Wildman–Crippen MR) is 67.5 cm³/mol. The Morgan fingerprint density at radius 2 is 2.50 bits per heavy atom. The fraction of sp³-hybridized carbons (Fsp3) is 0.500. The number of aliphatic hydroxyl groups is 1. The minimum absolute atomic E-state index is 0.0475. The van der Waals surface area contributed by atoms with Crippen LogP contribution in [0.4, 0.5) is 0 Å². The van der Waals surface area contributed by atoms with Crippen molar-refractivity contribution >= 4 is 28.1 Å². The van der Waals surface area contributed by atoms with E-state index in [0.717, 1.165) is 22.2 Å². The standard InChI is InChI=1S/C10H14N2O2S2/c1-2-15-6-4-14-9-8(7-13)12-3-5-16-10(12)11-9/h3,5,13H,2,4,6-7H2,1H3. The van der Waals surface area contributed by atoms with E-state index >= 15 is 0 Å². The first-order valence-corrected chi connectivity index (χ1v) is 7.16. The summed E-state index contributed by atoms with van der Waals surface area (Å²) in [5.41, 5.74) is 0.734. The summed E-state index contributed by atoms with van der Waals surface area (Å²) in [4.78, 5) is 5.19. The zero-order valence-corrected chi connectivity index (χ0v) is 10.7. The number of thioether (sulfide) groups is 1. The molecule has 88 valence electrons. The third kappa shape index (κ3) is 2.34. The van der Waals surface area contributed by atoms with Crippen LogP contribution in [-0.4, -0.2) is 32.6 Å². The number of ether oxygens (including phenoxy) is 1. The molecular formula is C10H14N2O2S2. The van der Waals surface area contributed by atoms with Crippen molar-refractivity contribution in [3.63, 3.8) is 0 Å². The molecule has 6 heteroatoms. The molecule has 0 spiro atoms. The van der Waals surface area contributed by atoms with Gasteiger partial charge in [-0.1, -0.05) is 6.92 Å². The summed E-state index contributed by atoms with van der Waals surface area (Å²) in [7, 11) is 0. The highest BCUT2D eigenvalue weighted by molar-refractivity contribution is 7.99. The summed E-state index contributed by atoms with van der Waals surface area (Å²) in [5, 5.41) is 11.2. The molecule has 2 aromatic heterocycles. The second-order valence-corrected chi connectivity index (χ2v) is 5.39. The average Bonchev–Trinajstić information content (AvgIpc) is 2.84. The van der Waals surface area contributed by atoms with Gasteiger partial charge in [0, 0.05) is 17.3 Å². The highest BCUT2D eigenvalue weighted by atomic mass is 32.2. The predicted octanol–water partition coefficient (Wildman–Crippen LogP) is 2.02. The van der Waals surface area contributed by atoms with Gasteiger partial charge >= 0.3 is 0 Å². The second-order valence-electron chi connectivity index (χ2n) is 3.12. The van der Waals surface area contributed by atoms with Gasteiger partial charge in [-0.05, 0) is 5.75 Å². The normalized spacial score (nSPS) is 11.1. The van der Waals surface area contributed by atoms with E-state index in [1.807, 2.05) is 27.7 Å². The minimum Gasteiger partial charge on any atom is -0.475 e. The van der Waals surface area contributed by atoms with Crippen molar-refractivity contribution < 1.29 is 9.84 Å². The van der Waals surface area contributed by atoms with Gasteiger partial charge in [0.25, 0.3) is 0 Å². The van der Waals surface area contributed by atoms with Crippen LogP contribution in [0, 0.1) is 0 Å². The number of rotatable bonds is 6. The summed E-state index contributed by atoms with van der Waals surface area (Å²) in [5.74, 6) is 2.60. The van der Waals surface area contributed by atoms with Crippen LogP contribution < -0.4 is 4.74 Å². The fourth-order valence-electron chi connectivity index (χ4n) is 1.41. The number of nitrogens with zero attached hydrogens (tertiary/aromatic N) is 2. The number of aliphatic hydroxyl groups excluding tert-OH is 1. The van der Waals surface area contributed by atoms with E-state index in [2.05, 4.69) is 11.9 Å². The maximum atomic E-state index is 9.28. The molecule has 16 heavy (non-hydrogen) atoms. The molecule has 2 aromatic rings. The molecule has 0 aliphatic heterocycles. The Balaban J connectivity index is 2.07. The van der Waals surface area contributed by atoms with Crippen LogP contribution >= 0.6 is 23.1 Å². The molecule has 2 heterocycles. The van der Waals surface area contributed by atoms with Crippen LogP contribution in [0.2, 0.25) is 0 Å². The van der Waals surface area contributed by atoms with E-state index in [4.69, 9.17) is 4.74 Å². The van der Waals surface area contributed by atoms with E-state index < -0.39 is 0 Å². The lowest BCUT2D eigenvalue weighted by atomic mass is 10.5. The number of hydrogen-bond donors (Lipinski definition) is 1. The molecule has 0 saturated heterocycles. The fourth-order valence-corrected chi connectivity index (χ4v) is 2.63. The van der Waals surface area contributed by atoms with Crippen LogP contribution in [0.15, 0.2) is 11.6 Å². The SMILES string of the molecule is CCSCCOc1nc2sccn2c1CO. The highest BCUT2D eigenvalue weighted by Gasteiger charge is 2.12. The highest BCUT2D eigenvalue weighted by Crippen LogP contribution is 2.23. The Morgan fingerprint density at radius 3 is 3.25 bits per heavy atom. The lowest BCUT2D eigenvalue weighted by Crippen LogP contribution is -2.03. The Morgan fingerprint density at radius 1 is 1.62 bits per heavy atom. The van der Waals surface area contributed by atoms with Gasteiger partial charge in [0.2, 0.25) is 5.88 Å². The molecule has 0 bridgehead atoms. The molecule has 0 aliphatic rings. The van der Waals surface area contributed by atoms with Gasteiger partial charge in [0.1, 0.15) is 5.69 Å². The molecule has 4 nitrogen and oxygen atoms in total. The first-order chi connectivity index (χ1) is 7.86. The van der Waals surface area contributed by atoms with Crippen molar-refractivity contribution in [2.75, 3.05) is 18.1 Å². The zero-order valence-electron chi connectivity index (χ0n) is 9.05. The summed E-state index contributed by atoms with van der Waals surface area (Å²) in [6.07, 6.45) is 1.90. The first-order valence-electron chi connectivity index (χ1n) is 5.12. The van der Waals surface area contributed by atoms with E-state index in [0.29, 0.717) is 12.5 Å². The lowest BCUT2D eigenvalue weighted by Gasteiger charge is -2.03. The molecule has 2 rings (SSSR count). The smallest absolute Gasteiger partial charge is 0.239 e. The van der Waals surface area contributed by atoms with Crippen molar-refractivity contribution in [1.29, 1.82) is 0 Å². The van der Waals surface area contributed by atoms with Gasteiger partial charge in [0.15, 0.2) is 4.96 Å². The maximum absolute atomic E-state index is 9.28. The van der Waals surface area contributed by atoms with Crippen LogP contribution in [0.5, 0.6) is 5.88 Å². The average molecular weight is 258 g/mol. The topological polar surface area (TPSA) is 46.8 Å². The van der Waals surface area contributed by atoms with Gasteiger partial charge in [-0.2, -0.15) is 16.7 Å². The largest absolute Gasteiger partial charge is 0.475 e. The van der Waals surface area contributed by atoms with E-state index in [-0.39, 0.29) is 6.61 Å². The summed E-state index contributed by atoms with van der Waals surface area (Å²) < 4.78 is 7.44. The molecule has 0 atom stereocenters. The van der Waals surface area contributed by atoms with Crippen molar-refractivity contribution in [2.24, 2.45) is 0 Å². The van der Waals surface area contributed by atoms with Gasteiger partial charge < -0.3 is 9.84 Å². The van der Waals surface area contributed by atoms with Crippen molar-refractivity contribution in [2.45, 2.75) is 13.5 Å². The van der Waals surface area contributed by atoms with Crippen molar-refractivity contribution in [3.05, 3.63) is 17.3 Å². The van der Waals surface area contributed by atoms with Gasteiger partial charge in [-0.25, -0.2) is 0 Å². The molecule has 0 amide bonds. The molecule has 0 aliphatic carbocycles. The maximum Gasteiger partial charge on any atom is 0.239 e. The van der Waals surface area contributed by atoms with Gasteiger partial charge in [-0.15, -0.1) is 11.3 Å². The van der Waals surface area contributed by atoms with E-state index in [1.165, 1.54) is 11.3 Å². The van der Waals surface area contributed by atoms with Gasteiger partial charge in [0.05, 0.1) is 13.2 Å². The summed E-state index contributed by atoms with van der Waals surface area (Å²) >= 11 is 3.37. The monoisotopic (exact) mass is 258 g/mol. The molecule has 0 radical (unpaired) electrons. The third-order valence-corrected chi connectivity index (χ3v) is 3.76. The number of aromatic nitrogens is 2. The van der Waals surface area contributed by atoms with Crippen LogP contribution in [0.25, 0.3) is 4.96 Å². The van der Waals surface area contributed by atoms with E-state index in [1.54, 1.807) is 0 Å². The Hall–Kier alpha value is -0.720. The molecule has 0 aromatic carbocycles. The number of fused-ring (bicyclic) bond motifs is 1. The van der Waals surface area contributed by atoms with Gasteiger partial charge in [-0.3, -0.25) is 4.40 Å². The van der Waals surface area contributed by atoms with E-state index in [9.17, 15) is 5.11 Å². The Bertz CT molecular complexity index is 453. The van der Waals surface area contributed by atoms with Crippen molar-refractivity contribution in [3.8, 4) is 5.88 Å². The second kappa shape index (κ2) is 5.56. The molecule has 0 fully saturated rings. The number of imidazole rings is 1. The van der Waals surface area contributed by atoms with Crippen LogP contribution in [0.3, 0.4) is 0 Å². The van der Waals surface area contributed by atoms with Crippen molar-refractivity contribution in [1.82, 2.24) is 9.38 Å². The first kappa shape index (κ1) is 11.8. The third-order valence-electron chi connectivity index (χ3n) is 2.14. The lowest BCUT2D eigenvalue weighted by molar-refractivity contribution is 0.259. The Kier molecular flexibility index (Phi) is 4.09. The molecule has 1 N–H and O–H groups in total. The number of thiazole rings is 1. The summed E-state index contributed by atoms with van der Waals surface area (Å²) in [6, 6.07) is 0. The molecule has 0 saturated carbocycles. The van der Waals surface area contributed by atoms with Crippen LogP contribution in [-0.2, 0) is 6.61 Å².